The molecule has 0 aliphatic carbocycles. The smallest absolute Gasteiger partial charge is 0.262 e. The summed E-state index contributed by atoms with van der Waals surface area (Å²) in [7, 11) is 0. The molecule has 0 spiro atoms. The number of carbonyl (C=O) groups excluding carboxylic acids is 1. The molecule has 0 atom stereocenters. The number of hydrogen-bond donors (Lipinski definition) is 1. The number of rotatable bonds is 4. The summed E-state index contributed by atoms with van der Waals surface area (Å²) in [4.78, 5) is 12.0. The van der Waals surface area contributed by atoms with Gasteiger partial charge in [0.25, 0.3) is 5.91 Å². The van der Waals surface area contributed by atoms with Gasteiger partial charge in [0.2, 0.25) is 0 Å². The zero-order valence-corrected chi connectivity index (χ0v) is 14.9. The van der Waals surface area contributed by atoms with Gasteiger partial charge in [0.15, 0.2) is 6.61 Å². The van der Waals surface area contributed by atoms with E-state index in [9.17, 15) is 4.79 Å². The minimum atomic E-state index is -0.194. The molecule has 3 nitrogen and oxygen atoms in total. The van der Waals surface area contributed by atoms with E-state index >= 15 is 0 Å². The standard InChI is InChI=1S/C16H15Br2NO2/c1-10-4-3-5-11(2)16(10)21-9-15(20)19-14-7-6-12(17)8-13(14)18/h3-8H,9H2,1-2H3,(H,19,20). The van der Waals surface area contributed by atoms with Crippen LogP contribution in [0.1, 0.15) is 11.1 Å². The predicted molar refractivity (Wildman–Crippen MR) is 91.9 cm³/mol. The van der Waals surface area contributed by atoms with Gasteiger partial charge in [-0.1, -0.05) is 34.1 Å². The second-order valence-corrected chi connectivity index (χ2v) is 6.45. The van der Waals surface area contributed by atoms with Crippen molar-refractivity contribution >= 4 is 43.5 Å². The first-order valence-corrected chi connectivity index (χ1v) is 8.00. The Morgan fingerprint density at radius 3 is 2.43 bits per heavy atom. The fourth-order valence-corrected chi connectivity index (χ4v) is 3.09. The number of para-hydroxylation sites is 1. The molecule has 0 aliphatic rings. The van der Waals surface area contributed by atoms with Crippen LogP contribution < -0.4 is 10.1 Å². The van der Waals surface area contributed by atoms with Crippen LogP contribution in [0.2, 0.25) is 0 Å². The van der Waals surface area contributed by atoms with Crippen molar-refractivity contribution in [1.29, 1.82) is 0 Å². The zero-order valence-electron chi connectivity index (χ0n) is 11.7. The molecule has 0 bridgehead atoms. The summed E-state index contributed by atoms with van der Waals surface area (Å²) in [6, 6.07) is 11.5. The van der Waals surface area contributed by atoms with E-state index in [0.29, 0.717) is 5.69 Å². The molecule has 110 valence electrons. The lowest BCUT2D eigenvalue weighted by Crippen LogP contribution is -2.20. The van der Waals surface area contributed by atoms with Crippen LogP contribution in [-0.4, -0.2) is 12.5 Å². The Morgan fingerprint density at radius 2 is 1.81 bits per heavy atom. The Kier molecular flexibility index (Phi) is 5.42. The van der Waals surface area contributed by atoms with Crippen LogP contribution in [0.5, 0.6) is 5.75 Å². The van der Waals surface area contributed by atoms with Crippen LogP contribution in [0.15, 0.2) is 45.3 Å². The molecule has 0 radical (unpaired) electrons. The van der Waals surface area contributed by atoms with Crippen molar-refractivity contribution in [1.82, 2.24) is 0 Å². The molecule has 1 amide bonds. The fourth-order valence-electron chi connectivity index (χ4n) is 1.94. The van der Waals surface area contributed by atoms with Crippen LogP contribution in [0.3, 0.4) is 0 Å². The fraction of sp³-hybridized carbons (Fsp3) is 0.188. The molecule has 2 aromatic rings. The molecule has 0 heterocycles. The van der Waals surface area contributed by atoms with E-state index < -0.39 is 0 Å². The van der Waals surface area contributed by atoms with Crippen LogP contribution in [0.4, 0.5) is 5.69 Å². The monoisotopic (exact) mass is 411 g/mol. The van der Waals surface area contributed by atoms with E-state index in [4.69, 9.17) is 4.74 Å². The normalized spacial score (nSPS) is 10.3. The van der Waals surface area contributed by atoms with Crippen molar-refractivity contribution in [2.24, 2.45) is 0 Å². The molecule has 5 heteroatoms. The van der Waals surface area contributed by atoms with Crippen molar-refractivity contribution in [2.75, 3.05) is 11.9 Å². The van der Waals surface area contributed by atoms with Gasteiger partial charge < -0.3 is 10.1 Å². The van der Waals surface area contributed by atoms with Gasteiger partial charge in [0.1, 0.15) is 5.75 Å². The van der Waals surface area contributed by atoms with Gasteiger partial charge in [-0.25, -0.2) is 0 Å². The van der Waals surface area contributed by atoms with E-state index in [1.54, 1.807) is 0 Å². The molecule has 0 saturated heterocycles. The number of benzene rings is 2. The molecule has 1 N–H and O–H groups in total. The van der Waals surface area contributed by atoms with E-state index in [1.165, 1.54) is 0 Å². The van der Waals surface area contributed by atoms with Crippen LogP contribution >= 0.6 is 31.9 Å². The number of anilines is 1. The van der Waals surface area contributed by atoms with E-state index in [0.717, 1.165) is 25.8 Å². The summed E-state index contributed by atoms with van der Waals surface area (Å²) in [5.41, 5.74) is 2.76. The summed E-state index contributed by atoms with van der Waals surface area (Å²) in [6.45, 7) is 3.91. The van der Waals surface area contributed by atoms with E-state index in [2.05, 4.69) is 37.2 Å². The summed E-state index contributed by atoms with van der Waals surface area (Å²) in [5, 5.41) is 2.81. The summed E-state index contributed by atoms with van der Waals surface area (Å²) in [5.74, 6) is 0.572. The van der Waals surface area contributed by atoms with Gasteiger partial charge in [0.05, 0.1) is 5.69 Å². The third-order valence-electron chi connectivity index (χ3n) is 2.96. The highest BCUT2D eigenvalue weighted by molar-refractivity contribution is 9.11. The highest BCUT2D eigenvalue weighted by Crippen LogP contribution is 2.26. The van der Waals surface area contributed by atoms with Gasteiger partial charge in [-0.2, -0.15) is 0 Å². The van der Waals surface area contributed by atoms with Gasteiger partial charge in [-0.05, 0) is 59.1 Å². The van der Waals surface area contributed by atoms with E-state index in [-0.39, 0.29) is 12.5 Å². The number of halogens is 2. The molecule has 0 aliphatic heterocycles. The molecule has 2 rings (SSSR count). The van der Waals surface area contributed by atoms with Crippen molar-refractivity contribution in [2.45, 2.75) is 13.8 Å². The number of hydrogen-bond acceptors (Lipinski definition) is 2. The second-order valence-electron chi connectivity index (χ2n) is 4.68. The maximum Gasteiger partial charge on any atom is 0.262 e. The maximum absolute atomic E-state index is 12.0. The Hall–Kier alpha value is -1.33. The van der Waals surface area contributed by atoms with Crippen molar-refractivity contribution < 1.29 is 9.53 Å². The van der Waals surface area contributed by atoms with Gasteiger partial charge >= 0.3 is 0 Å². The van der Waals surface area contributed by atoms with Gasteiger partial charge in [0, 0.05) is 8.95 Å². The third kappa shape index (κ3) is 4.32. The number of carbonyl (C=O) groups is 1. The van der Waals surface area contributed by atoms with Crippen LogP contribution in [0.25, 0.3) is 0 Å². The Labute approximate surface area is 141 Å². The molecule has 21 heavy (non-hydrogen) atoms. The number of nitrogens with one attached hydrogen (secondary N) is 1. The quantitative estimate of drug-likeness (QED) is 0.779. The number of amides is 1. The summed E-state index contributed by atoms with van der Waals surface area (Å²) in [6.07, 6.45) is 0. The molecule has 0 saturated carbocycles. The van der Waals surface area contributed by atoms with Crippen molar-refractivity contribution in [3.8, 4) is 5.75 Å². The molecule has 0 fully saturated rings. The third-order valence-corrected chi connectivity index (χ3v) is 4.11. The average Bonchev–Trinajstić information content (AvgIpc) is 2.41. The van der Waals surface area contributed by atoms with Crippen molar-refractivity contribution in [3.63, 3.8) is 0 Å². The second kappa shape index (κ2) is 7.09. The first kappa shape index (κ1) is 16.0. The maximum atomic E-state index is 12.0. The summed E-state index contributed by atoms with van der Waals surface area (Å²) >= 11 is 6.78. The van der Waals surface area contributed by atoms with Gasteiger partial charge in [-0.15, -0.1) is 0 Å². The average molecular weight is 413 g/mol. The number of ether oxygens (including phenoxy) is 1. The van der Waals surface area contributed by atoms with Crippen molar-refractivity contribution in [3.05, 3.63) is 56.5 Å². The first-order chi connectivity index (χ1) is 9.97. The minimum absolute atomic E-state index is 0.0196. The predicted octanol–water partition coefficient (Wildman–Crippen LogP) is 4.85. The van der Waals surface area contributed by atoms with Crippen LogP contribution in [0, 0.1) is 13.8 Å². The Balaban J connectivity index is 1.99. The topological polar surface area (TPSA) is 38.3 Å². The minimum Gasteiger partial charge on any atom is -0.483 e. The summed E-state index contributed by atoms with van der Waals surface area (Å²) < 4.78 is 7.39. The molecule has 2 aromatic carbocycles. The SMILES string of the molecule is Cc1cccc(C)c1OCC(=O)Nc1ccc(Br)cc1Br. The lowest BCUT2D eigenvalue weighted by Gasteiger charge is -2.12. The first-order valence-electron chi connectivity index (χ1n) is 6.41. The zero-order chi connectivity index (χ0) is 15.4. The lowest BCUT2D eigenvalue weighted by atomic mass is 10.1. The number of aryl methyl sites for hydroxylation is 2. The lowest BCUT2D eigenvalue weighted by molar-refractivity contribution is -0.118. The van der Waals surface area contributed by atoms with E-state index in [1.807, 2.05) is 50.2 Å². The molecular weight excluding hydrogens is 398 g/mol. The highest BCUT2D eigenvalue weighted by atomic mass is 79.9. The van der Waals surface area contributed by atoms with Crippen LogP contribution in [-0.2, 0) is 4.79 Å². The highest BCUT2D eigenvalue weighted by Gasteiger charge is 2.09. The molecular formula is C16H15Br2NO2. The molecule has 0 aromatic heterocycles. The Bertz CT molecular complexity index is 651. The largest absolute Gasteiger partial charge is 0.483 e. The van der Waals surface area contributed by atoms with Gasteiger partial charge in [-0.3, -0.25) is 4.79 Å². The molecule has 0 unspecified atom stereocenters. The Morgan fingerprint density at radius 1 is 1.14 bits per heavy atom.